The van der Waals surface area contributed by atoms with Gasteiger partial charge in [-0.3, -0.25) is 4.79 Å². The molecule has 19 heavy (non-hydrogen) atoms. The van der Waals surface area contributed by atoms with Crippen LogP contribution in [0, 0.1) is 5.92 Å². The summed E-state index contributed by atoms with van der Waals surface area (Å²) in [5.41, 5.74) is 0. The summed E-state index contributed by atoms with van der Waals surface area (Å²) in [5.74, 6) is -0.495. The number of carboxylic acid groups (broad SMARTS) is 1. The molecule has 3 N–H and O–H groups in total. The van der Waals surface area contributed by atoms with Crippen LogP contribution in [0.2, 0.25) is 0 Å². The van der Waals surface area contributed by atoms with Crippen LogP contribution in [0.3, 0.4) is 0 Å². The molecule has 1 aliphatic rings. The Hall–Kier alpha value is -1.30. The fraction of sp³-hybridized carbons (Fsp3) is 0.846. The zero-order valence-corrected chi connectivity index (χ0v) is 11.6. The number of nitrogens with zero attached hydrogens (tertiary/aromatic N) is 1. The lowest BCUT2D eigenvalue weighted by Crippen LogP contribution is -2.48. The van der Waals surface area contributed by atoms with Crippen molar-refractivity contribution in [1.82, 2.24) is 10.2 Å². The van der Waals surface area contributed by atoms with Crippen LogP contribution in [0.25, 0.3) is 0 Å². The van der Waals surface area contributed by atoms with Crippen molar-refractivity contribution >= 4 is 12.0 Å². The topological polar surface area (TPSA) is 89.9 Å². The van der Waals surface area contributed by atoms with Crippen molar-refractivity contribution < 1.29 is 19.8 Å². The maximum atomic E-state index is 12.1. The van der Waals surface area contributed by atoms with Crippen molar-refractivity contribution in [2.24, 2.45) is 5.92 Å². The number of aliphatic carboxylic acids is 1. The number of urea groups is 1. The molecule has 0 aromatic rings. The number of likely N-dealkylation sites (tertiary alicyclic amines) is 1. The Bertz CT molecular complexity index is 322. The van der Waals surface area contributed by atoms with E-state index in [9.17, 15) is 14.7 Å². The van der Waals surface area contributed by atoms with Crippen LogP contribution in [0.1, 0.15) is 39.5 Å². The summed E-state index contributed by atoms with van der Waals surface area (Å²) in [5, 5.41) is 20.7. The number of nitrogens with one attached hydrogen (secondary N) is 1. The number of amides is 2. The van der Waals surface area contributed by atoms with Gasteiger partial charge in [-0.15, -0.1) is 0 Å². The minimum Gasteiger partial charge on any atom is -0.481 e. The lowest BCUT2D eigenvalue weighted by molar-refractivity contribution is -0.137. The average molecular weight is 272 g/mol. The smallest absolute Gasteiger partial charge is 0.317 e. The molecule has 0 radical (unpaired) electrons. The molecule has 2 amide bonds. The number of carbonyl (C=O) groups is 2. The van der Waals surface area contributed by atoms with Crippen molar-refractivity contribution in [3.63, 3.8) is 0 Å². The molecule has 1 heterocycles. The van der Waals surface area contributed by atoms with Crippen molar-refractivity contribution in [3.05, 3.63) is 0 Å². The van der Waals surface area contributed by atoms with Gasteiger partial charge in [0.05, 0.1) is 12.6 Å². The summed E-state index contributed by atoms with van der Waals surface area (Å²) < 4.78 is 0. The van der Waals surface area contributed by atoms with Gasteiger partial charge in [-0.2, -0.15) is 0 Å². The first kappa shape index (κ1) is 15.8. The summed E-state index contributed by atoms with van der Waals surface area (Å²) in [6.45, 7) is 4.56. The van der Waals surface area contributed by atoms with E-state index in [4.69, 9.17) is 5.11 Å². The zero-order valence-electron chi connectivity index (χ0n) is 11.6. The molecule has 0 saturated carbocycles. The van der Waals surface area contributed by atoms with E-state index in [0.29, 0.717) is 25.3 Å². The van der Waals surface area contributed by atoms with Gasteiger partial charge in [-0.25, -0.2) is 4.79 Å². The number of hydrogen-bond donors (Lipinski definition) is 3. The number of carbonyl (C=O) groups excluding carboxylic acids is 1. The Morgan fingerprint density at radius 1 is 1.47 bits per heavy atom. The van der Waals surface area contributed by atoms with Crippen LogP contribution in [-0.2, 0) is 4.79 Å². The van der Waals surface area contributed by atoms with Crippen molar-refractivity contribution in [1.29, 1.82) is 0 Å². The highest BCUT2D eigenvalue weighted by atomic mass is 16.4. The summed E-state index contributed by atoms with van der Waals surface area (Å²) in [6, 6.07) is -0.320. The predicted molar refractivity (Wildman–Crippen MR) is 70.8 cm³/mol. The van der Waals surface area contributed by atoms with Gasteiger partial charge >= 0.3 is 12.0 Å². The highest BCUT2D eigenvalue weighted by Crippen LogP contribution is 2.23. The average Bonchev–Trinajstić information content (AvgIpc) is 2.69. The van der Waals surface area contributed by atoms with Gasteiger partial charge in [0.15, 0.2) is 0 Å². The summed E-state index contributed by atoms with van der Waals surface area (Å²) in [7, 11) is 0. The molecule has 6 heteroatoms. The fourth-order valence-electron chi connectivity index (χ4n) is 2.46. The first-order valence-electron chi connectivity index (χ1n) is 6.85. The monoisotopic (exact) mass is 272 g/mol. The van der Waals surface area contributed by atoms with E-state index in [1.54, 1.807) is 4.90 Å². The number of aliphatic hydroxyl groups is 1. The summed E-state index contributed by atoms with van der Waals surface area (Å²) in [4.78, 5) is 24.1. The fourth-order valence-corrected chi connectivity index (χ4v) is 2.46. The van der Waals surface area contributed by atoms with Crippen molar-refractivity contribution in [2.75, 3.05) is 13.2 Å². The second-order valence-corrected chi connectivity index (χ2v) is 5.35. The standard InChI is InChI=1S/C13H24N2O4/c1-9-6-7-15(11(9)8-16)13(19)14-10(2)4-3-5-12(17)18/h9-11,16H,3-8H2,1-2H3,(H,14,19)(H,17,18). The van der Waals surface area contributed by atoms with Gasteiger partial charge < -0.3 is 20.4 Å². The van der Waals surface area contributed by atoms with Crippen LogP contribution in [0.4, 0.5) is 4.79 Å². The first-order valence-corrected chi connectivity index (χ1v) is 6.85. The molecule has 0 aromatic carbocycles. The Labute approximate surface area is 113 Å². The highest BCUT2D eigenvalue weighted by molar-refractivity contribution is 5.75. The Kier molecular flexibility index (Phi) is 6.08. The number of hydrogen-bond acceptors (Lipinski definition) is 3. The van der Waals surface area contributed by atoms with E-state index in [-0.39, 0.29) is 31.1 Å². The largest absolute Gasteiger partial charge is 0.481 e. The van der Waals surface area contributed by atoms with E-state index in [1.807, 2.05) is 13.8 Å². The maximum Gasteiger partial charge on any atom is 0.317 e. The van der Waals surface area contributed by atoms with Gasteiger partial charge in [0.1, 0.15) is 0 Å². The molecule has 6 nitrogen and oxygen atoms in total. The second-order valence-electron chi connectivity index (χ2n) is 5.35. The third-order valence-electron chi connectivity index (χ3n) is 3.73. The molecule has 3 unspecified atom stereocenters. The van der Waals surface area contributed by atoms with E-state index < -0.39 is 5.97 Å². The van der Waals surface area contributed by atoms with Gasteiger partial charge in [0.25, 0.3) is 0 Å². The first-order chi connectivity index (χ1) is 8.95. The summed E-state index contributed by atoms with van der Waals surface area (Å²) in [6.07, 6.45) is 2.23. The van der Waals surface area contributed by atoms with Crippen LogP contribution in [0.5, 0.6) is 0 Å². The lowest BCUT2D eigenvalue weighted by Gasteiger charge is -2.27. The van der Waals surface area contributed by atoms with E-state index in [0.717, 1.165) is 6.42 Å². The molecular formula is C13H24N2O4. The molecule has 0 bridgehead atoms. The minimum atomic E-state index is -0.813. The minimum absolute atomic E-state index is 0.0119. The third kappa shape index (κ3) is 4.70. The zero-order chi connectivity index (χ0) is 14.4. The summed E-state index contributed by atoms with van der Waals surface area (Å²) >= 11 is 0. The molecule has 110 valence electrons. The predicted octanol–water partition coefficient (Wildman–Crippen LogP) is 1.04. The Balaban J connectivity index is 2.35. The molecule has 0 spiro atoms. The van der Waals surface area contributed by atoms with Crippen LogP contribution in [-0.4, -0.2) is 52.3 Å². The SMILES string of the molecule is CC(CCCC(=O)O)NC(=O)N1CCC(C)C1CO. The molecule has 3 atom stereocenters. The quantitative estimate of drug-likeness (QED) is 0.674. The van der Waals surface area contributed by atoms with Crippen molar-refractivity contribution in [3.8, 4) is 0 Å². The number of rotatable bonds is 6. The highest BCUT2D eigenvalue weighted by Gasteiger charge is 2.34. The maximum absolute atomic E-state index is 12.1. The van der Waals surface area contributed by atoms with Crippen LogP contribution >= 0.6 is 0 Å². The van der Waals surface area contributed by atoms with Gasteiger partial charge in [-0.1, -0.05) is 6.92 Å². The normalized spacial score (nSPS) is 24.3. The van der Waals surface area contributed by atoms with Gasteiger partial charge in [0, 0.05) is 19.0 Å². The molecule has 0 aliphatic carbocycles. The van der Waals surface area contributed by atoms with E-state index in [1.165, 1.54) is 0 Å². The molecule has 1 aliphatic heterocycles. The van der Waals surface area contributed by atoms with E-state index in [2.05, 4.69) is 5.32 Å². The van der Waals surface area contributed by atoms with Gasteiger partial charge in [-0.05, 0) is 32.1 Å². The van der Waals surface area contributed by atoms with Crippen LogP contribution in [0.15, 0.2) is 0 Å². The molecule has 1 fully saturated rings. The lowest BCUT2D eigenvalue weighted by atomic mass is 10.0. The third-order valence-corrected chi connectivity index (χ3v) is 3.73. The molecule has 0 aromatic heterocycles. The molecule has 1 rings (SSSR count). The molecular weight excluding hydrogens is 248 g/mol. The second kappa shape index (κ2) is 7.33. The molecule has 1 saturated heterocycles. The Morgan fingerprint density at radius 2 is 2.16 bits per heavy atom. The van der Waals surface area contributed by atoms with E-state index >= 15 is 0 Å². The van der Waals surface area contributed by atoms with Crippen LogP contribution < -0.4 is 5.32 Å². The Morgan fingerprint density at radius 3 is 2.74 bits per heavy atom. The number of aliphatic hydroxyl groups excluding tert-OH is 1. The van der Waals surface area contributed by atoms with Gasteiger partial charge in [0.2, 0.25) is 0 Å². The number of carboxylic acids is 1. The van der Waals surface area contributed by atoms with Crippen molar-refractivity contribution in [2.45, 2.75) is 51.6 Å².